The monoisotopic (exact) mass is 400 g/mol. The van der Waals surface area contributed by atoms with Crippen LogP contribution >= 0.6 is 11.3 Å². The lowest BCUT2D eigenvalue weighted by Gasteiger charge is -2.04. The number of hydrogen-bond acceptors (Lipinski definition) is 10. The molecule has 0 saturated heterocycles. The van der Waals surface area contributed by atoms with Crippen LogP contribution in [-0.4, -0.2) is 48.3 Å². The molecule has 0 bridgehead atoms. The second kappa shape index (κ2) is 7.53. The molecule has 0 aliphatic carbocycles. The Balaban J connectivity index is 2.31. The van der Waals surface area contributed by atoms with Crippen molar-refractivity contribution in [3.05, 3.63) is 38.9 Å². The Labute approximate surface area is 151 Å². The number of amides is 1. The summed E-state index contributed by atoms with van der Waals surface area (Å²) in [6, 6.07) is 2.79. The normalized spacial score (nSPS) is 11.0. The van der Waals surface area contributed by atoms with Crippen molar-refractivity contribution in [3.8, 4) is 0 Å². The first-order valence-corrected chi connectivity index (χ1v) is 9.64. The van der Waals surface area contributed by atoms with Gasteiger partial charge in [0, 0.05) is 24.0 Å². The van der Waals surface area contributed by atoms with E-state index in [2.05, 4.69) is 15.5 Å². The Kier molecular flexibility index (Phi) is 5.62. The zero-order valence-corrected chi connectivity index (χ0v) is 15.1. The lowest BCUT2D eigenvalue weighted by Crippen LogP contribution is -2.13. The van der Waals surface area contributed by atoms with Crippen molar-refractivity contribution in [1.29, 1.82) is 0 Å². The smallest absolute Gasteiger partial charge is 0.369 e. The van der Waals surface area contributed by atoms with Crippen LogP contribution in [0, 0.1) is 10.1 Å². The molecule has 0 unspecified atom stereocenters. The van der Waals surface area contributed by atoms with Gasteiger partial charge in [0.2, 0.25) is 10.1 Å². The lowest BCUT2D eigenvalue weighted by atomic mass is 10.2. The number of sulfone groups is 1. The fourth-order valence-corrected chi connectivity index (χ4v) is 3.06. The van der Waals surface area contributed by atoms with Gasteiger partial charge in [-0.15, -0.1) is 10.2 Å². The Morgan fingerprint density at radius 1 is 1.31 bits per heavy atom. The maximum atomic E-state index is 12.3. The molecule has 0 aliphatic rings. The average molecular weight is 400 g/mol. The van der Waals surface area contributed by atoms with Gasteiger partial charge >= 0.3 is 5.97 Å². The molecule has 2 aromatic rings. The van der Waals surface area contributed by atoms with Gasteiger partial charge in [-0.25, -0.2) is 13.2 Å². The van der Waals surface area contributed by atoms with Crippen LogP contribution in [0.5, 0.6) is 0 Å². The van der Waals surface area contributed by atoms with Crippen molar-refractivity contribution in [1.82, 2.24) is 10.2 Å². The van der Waals surface area contributed by atoms with E-state index in [9.17, 15) is 28.1 Å². The summed E-state index contributed by atoms with van der Waals surface area (Å²) in [7, 11) is -3.77. The maximum Gasteiger partial charge on any atom is 0.369 e. The van der Waals surface area contributed by atoms with E-state index in [0.29, 0.717) is 0 Å². The summed E-state index contributed by atoms with van der Waals surface area (Å²) in [4.78, 5) is 33.6. The minimum atomic E-state index is -3.77. The van der Waals surface area contributed by atoms with E-state index in [1.807, 2.05) is 0 Å². The minimum Gasteiger partial charge on any atom is -0.461 e. The zero-order chi connectivity index (χ0) is 19.5. The quantitative estimate of drug-likeness (QED) is 0.428. The molecule has 2 rings (SSSR count). The largest absolute Gasteiger partial charge is 0.461 e. The summed E-state index contributed by atoms with van der Waals surface area (Å²) >= 11 is 0.743. The second-order valence-electron chi connectivity index (χ2n) is 4.83. The first-order valence-electron chi connectivity index (χ1n) is 6.93. The van der Waals surface area contributed by atoms with Crippen LogP contribution in [0.3, 0.4) is 0 Å². The first kappa shape index (κ1) is 19.4. The van der Waals surface area contributed by atoms with Gasteiger partial charge in [-0.05, 0) is 13.0 Å². The molecule has 11 nitrogen and oxygen atoms in total. The molecule has 1 aromatic carbocycles. The van der Waals surface area contributed by atoms with Crippen molar-refractivity contribution < 1.29 is 27.7 Å². The number of esters is 1. The van der Waals surface area contributed by atoms with Crippen molar-refractivity contribution in [2.24, 2.45) is 0 Å². The van der Waals surface area contributed by atoms with Crippen LogP contribution in [-0.2, 0) is 14.6 Å². The molecule has 138 valence electrons. The van der Waals surface area contributed by atoms with E-state index in [1.54, 1.807) is 6.92 Å². The van der Waals surface area contributed by atoms with E-state index >= 15 is 0 Å². The molecular weight excluding hydrogens is 388 g/mol. The number of non-ortho nitro benzene ring substituents is 1. The number of ether oxygens (including phenoxy) is 1. The van der Waals surface area contributed by atoms with Gasteiger partial charge in [0.15, 0.2) is 9.84 Å². The van der Waals surface area contributed by atoms with Crippen molar-refractivity contribution in [2.45, 2.75) is 11.8 Å². The number of carbonyl (C=O) groups is 2. The number of hydrogen-bond donors (Lipinski definition) is 1. The summed E-state index contributed by atoms with van der Waals surface area (Å²) < 4.78 is 28.1. The van der Waals surface area contributed by atoms with Crippen LogP contribution in [0.15, 0.2) is 23.1 Å². The molecule has 1 aromatic heterocycles. The van der Waals surface area contributed by atoms with Crippen molar-refractivity contribution in [2.75, 3.05) is 18.2 Å². The number of rotatable bonds is 6. The fraction of sp³-hybridized carbons (Fsp3) is 0.231. The van der Waals surface area contributed by atoms with Gasteiger partial charge in [0.1, 0.15) is 0 Å². The SMILES string of the molecule is CCOC(=O)c1nnc(NC(=O)c2cc([N+](=O)[O-])cc(S(C)(=O)=O)c2)s1. The highest BCUT2D eigenvalue weighted by Gasteiger charge is 2.21. The molecule has 1 N–H and O–H groups in total. The minimum absolute atomic E-state index is 0.0505. The maximum absolute atomic E-state index is 12.3. The number of aromatic nitrogens is 2. The number of nitrogens with zero attached hydrogens (tertiary/aromatic N) is 3. The van der Waals surface area contributed by atoms with E-state index in [0.717, 1.165) is 35.8 Å². The highest BCUT2D eigenvalue weighted by atomic mass is 32.2. The van der Waals surface area contributed by atoms with Gasteiger partial charge in [-0.1, -0.05) is 11.3 Å². The molecule has 0 spiro atoms. The van der Waals surface area contributed by atoms with Crippen molar-refractivity contribution >= 4 is 43.9 Å². The van der Waals surface area contributed by atoms with Crippen LogP contribution in [0.2, 0.25) is 0 Å². The summed E-state index contributed by atoms with van der Waals surface area (Å²) in [5, 5.41) is 20.3. The van der Waals surface area contributed by atoms with Gasteiger partial charge in [0.25, 0.3) is 11.6 Å². The van der Waals surface area contributed by atoms with Gasteiger partial charge in [0.05, 0.1) is 16.4 Å². The molecule has 0 fully saturated rings. The number of nitrogens with one attached hydrogen (secondary N) is 1. The van der Waals surface area contributed by atoms with Crippen LogP contribution < -0.4 is 5.32 Å². The third kappa shape index (κ3) is 4.58. The predicted octanol–water partition coefficient (Wildman–Crippen LogP) is 1.28. The Hall–Kier alpha value is -2.93. The van der Waals surface area contributed by atoms with Crippen molar-refractivity contribution in [3.63, 3.8) is 0 Å². The van der Waals surface area contributed by atoms with Gasteiger partial charge < -0.3 is 4.74 Å². The van der Waals surface area contributed by atoms with Gasteiger partial charge in [-0.2, -0.15) is 0 Å². The second-order valence-corrected chi connectivity index (χ2v) is 7.83. The van der Waals surface area contributed by atoms with Gasteiger partial charge in [-0.3, -0.25) is 20.2 Å². The standard InChI is InChI=1S/C13H12N4O7S2/c1-3-24-12(19)11-15-16-13(25-11)14-10(18)7-4-8(17(20)21)6-9(5-7)26(2,22)23/h4-6H,3H2,1-2H3,(H,14,16,18). The number of carbonyl (C=O) groups excluding carboxylic acids is 2. The molecule has 26 heavy (non-hydrogen) atoms. The predicted molar refractivity (Wildman–Crippen MR) is 90.0 cm³/mol. The van der Waals surface area contributed by atoms with Crippen LogP contribution in [0.4, 0.5) is 10.8 Å². The Morgan fingerprint density at radius 2 is 2.00 bits per heavy atom. The van der Waals surface area contributed by atoms with E-state index in [4.69, 9.17) is 4.74 Å². The number of nitro benzene ring substituents is 1. The fourth-order valence-electron chi connectivity index (χ4n) is 1.75. The van der Waals surface area contributed by atoms with E-state index in [-0.39, 0.29) is 27.2 Å². The van der Waals surface area contributed by atoms with Crippen LogP contribution in [0.1, 0.15) is 27.1 Å². The van der Waals surface area contributed by atoms with Crippen LogP contribution in [0.25, 0.3) is 0 Å². The summed E-state index contributed by atoms with van der Waals surface area (Å²) in [6.07, 6.45) is 0.865. The lowest BCUT2D eigenvalue weighted by molar-refractivity contribution is -0.385. The number of anilines is 1. The molecule has 0 radical (unpaired) electrons. The summed E-state index contributed by atoms with van der Waals surface area (Å²) in [6.45, 7) is 1.76. The molecule has 0 saturated carbocycles. The Morgan fingerprint density at radius 3 is 2.58 bits per heavy atom. The van der Waals surface area contributed by atoms with E-state index in [1.165, 1.54) is 0 Å². The summed E-state index contributed by atoms with van der Waals surface area (Å²) in [5.74, 6) is -1.55. The molecule has 1 heterocycles. The third-order valence-electron chi connectivity index (χ3n) is 2.89. The Bertz CT molecular complexity index is 984. The molecular formula is C13H12N4O7S2. The number of nitro groups is 1. The topological polar surface area (TPSA) is 158 Å². The summed E-state index contributed by atoms with van der Waals surface area (Å²) in [5.41, 5.74) is -0.810. The highest BCUT2D eigenvalue weighted by Crippen LogP contribution is 2.23. The van der Waals surface area contributed by atoms with E-state index < -0.39 is 32.3 Å². The molecule has 1 amide bonds. The highest BCUT2D eigenvalue weighted by molar-refractivity contribution is 7.90. The zero-order valence-electron chi connectivity index (χ0n) is 13.5. The molecule has 0 aliphatic heterocycles. The molecule has 0 atom stereocenters. The number of benzene rings is 1. The third-order valence-corrected chi connectivity index (χ3v) is 4.80. The molecule has 13 heteroatoms. The first-order chi connectivity index (χ1) is 12.1. The average Bonchev–Trinajstić information content (AvgIpc) is 3.02.